The summed E-state index contributed by atoms with van der Waals surface area (Å²) in [4.78, 5) is 18.4. The lowest BCUT2D eigenvalue weighted by molar-refractivity contribution is 0.0952. The molecular formula is C24H28N2O2. The number of piperidine rings is 1. The maximum absolute atomic E-state index is 12.7. The molecule has 4 rings (SSSR count). The fourth-order valence-electron chi connectivity index (χ4n) is 4.22. The summed E-state index contributed by atoms with van der Waals surface area (Å²) in [5.41, 5.74) is 3.17. The molecule has 0 saturated carbocycles. The Kier molecular flexibility index (Phi) is 5.77. The quantitative estimate of drug-likeness (QED) is 0.608. The van der Waals surface area contributed by atoms with Crippen LogP contribution in [-0.4, -0.2) is 42.4 Å². The van der Waals surface area contributed by atoms with E-state index in [1.165, 1.54) is 24.8 Å². The predicted octanol–water partition coefficient (Wildman–Crippen LogP) is 4.70. The van der Waals surface area contributed by atoms with Gasteiger partial charge in [0, 0.05) is 41.7 Å². The molecule has 0 aliphatic carbocycles. The molecular weight excluding hydrogens is 348 g/mol. The van der Waals surface area contributed by atoms with Crippen molar-refractivity contribution in [1.29, 1.82) is 0 Å². The summed E-state index contributed by atoms with van der Waals surface area (Å²) in [6.07, 6.45) is 6.01. The Labute approximate surface area is 166 Å². The third kappa shape index (κ3) is 4.28. The van der Waals surface area contributed by atoms with Crippen LogP contribution in [0.25, 0.3) is 10.9 Å². The number of aromatic nitrogens is 1. The van der Waals surface area contributed by atoms with Gasteiger partial charge in [-0.1, -0.05) is 30.3 Å². The molecule has 0 bridgehead atoms. The van der Waals surface area contributed by atoms with Gasteiger partial charge in [0.2, 0.25) is 0 Å². The van der Waals surface area contributed by atoms with Gasteiger partial charge in [0.1, 0.15) is 5.75 Å². The van der Waals surface area contributed by atoms with Gasteiger partial charge in [-0.05, 0) is 56.0 Å². The number of nitrogens with one attached hydrogen (secondary N) is 1. The number of ether oxygens (including phenoxy) is 1. The predicted molar refractivity (Wildman–Crippen MR) is 113 cm³/mol. The lowest BCUT2D eigenvalue weighted by Gasteiger charge is -2.31. The summed E-state index contributed by atoms with van der Waals surface area (Å²) in [6.45, 7) is 3.03. The molecule has 146 valence electrons. The first-order chi connectivity index (χ1) is 13.7. The van der Waals surface area contributed by atoms with Crippen molar-refractivity contribution in [2.45, 2.75) is 25.7 Å². The Bertz CT molecular complexity index is 924. The van der Waals surface area contributed by atoms with Gasteiger partial charge in [-0.3, -0.25) is 4.79 Å². The second-order valence-corrected chi connectivity index (χ2v) is 7.76. The maximum atomic E-state index is 12.7. The lowest BCUT2D eigenvalue weighted by Crippen LogP contribution is -2.35. The van der Waals surface area contributed by atoms with Crippen molar-refractivity contribution in [2.24, 2.45) is 5.92 Å². The van der Waals surface area contributed by atoms with Crippen molar-refractivity contribution in [1.82, 2.24) is 9.88 Å². The van der Waals surface area contributed by atoms with E-state index in [-0.39, 0.29) is 5.78 Å². The van der Waals surface area contributed by atoms with Gasteiger partial charge in [-0.25, -0.2) is 0 Å². The molecule has 1 aliphatic heterocycles. The molecule has 4 heteroatoms. The summed E-state index contributed by atoms with van der Waals surface area (Å²) in [5.74, 6) is 1.77. The summed E-state index contributed by atoms with van der Waals surface area (Å²) in [5, 5.41) is 0.979. The first kappa shape index (κ1) is 18.8. The Morgan fingerprint density at radius 2 is 1.93 bits per heavy atom. The highest BCUT2D eigenvalue weighted by Crippen LogP contribution is 2.25. The average molecular weight is 377 g/mol. The Morgan fingerprint density at radius 3 is 2.68 bits per heavy atom. The van der Waals surface area contributed by atoms with Crippen molar-refractivity contribution in [2.75, 3.05) is 26.7 Å². The average Bonchev–Trinajstić information content (AvgIpc) is 3.17. The number of likely N-dealkylation sites (tertiary alicyclic amines) is 1. The maximum Gasteiger partial charge on any atom is 0.166 e. The van der Waals surface area contributed by atoms with Crippen molar-refractivity contribution < 1.29 is 9.53 Å². The number of fused-ring (bicyclic) bond motifs is 1. The summed E-state index contributed by atoms with van der Waals surface area (Å²) >= 11 is 0. The van der Waals surface area contributed by atoms with E-state index in [1.54, 1.807) is 7.11 Å². The number of hydrogen-bond donors (Lipinski definition) is 1. The number of carbonyl (C=O) groups is 1. The number of hydrogen-bond acceptors (Lipinski definition) is 3. The molecule has 3 aromatic rings. The largest absolute Gasteiger partial charge is 0.497 e. The molecule has 2 aromatic carbocycles. The van der Waals surface area contributed by atoms with Crippen LogP contribution in [0.1, 0.15) is 35.2 Å². The van der Waals surface area contributed by atoms with Crippen molar-refractivity contribution >= 4 is 16.7 Å². The fourth-order valence-corrected chi connectivity index (χ4v) is 4.22. The van der Waals surface area contributed by atoms with E-state index < -0.39 is 0 Å². The Hall–Kier alpha value is -2.59. The van der Waals surface area contributed by atoms with Crippen LogP contribution in [0.2, 0.25) is 0 Å². The monoisotopic (exact) mass is 376 g/mol. The third-order valence-corrected chi connectivity index (χ3v) is 5.92. The molecule has 28 heavy (non-hydrogen) atoms. The van der Waals surface area contributed by atoms with Crippen LogP contribution in [-0.2, 0) is 6.42 Å². The van der Waals surface area contributed by atoms with E-state index in [0.717, 1.165) is 47.8 Å². The highest BCUT2D eigenvalue weighted by Gasteiger charge is 2.20. The van der Waals surface area contributed by atoms with Gasteiger partial charge in [0.25, 0.3) is 0 Å². The van der Waals surface area contributed by atoms with Gasteiger partial charge in [0.15, 0.2) is 5.78 Å². The molecule has 2 heterocycles. The molecule has 1 aliphatic rings. The Balaban J connectivity index is 1.28. The van der Waals surface area contributed by atoms with Gasteiger partial charge in [-0.15, -0.1) is 0 Å². The first-order valence-corrected chi connectivity index (χ1v) is 10.2. The molecule has 1 N–H and O–H groups in total. The van der Waals surface area contributed by atoms with Crippen molar-refractivity contribution in [3.05, 3.63) is 65.9 Å². The molecule has 1 fully saturated rings. The second-order valence-electron chi connectivity index (χ2n) is 7.76. The van der Waals surface area contributed by atoms with Gasteiger partial charge < -0.3 is 14.6 Å². The van der Waals surface area contributed by atoms with Crippen LogP contribution in [0, 0.1) is 5.92 Å². The van der Waals surface area contributed by atoms with Crippen LogP contribution in [0.5, 0.6) is 5.75 Å². The zero-order valence-electron chi connectivity index (χ0n) is 16.5. The van der Waals surface area contributed by atoms with E-state index in [2.05, 4.69) is 40.2 Å². The van der Waals surface area contributed by atoms with Crippen molar-refractivity contribution in [3.63, 3.8) is 0 Å². The highest BCUT2D eigenvalue weighted by molar-refractivity contribution is 6.08. The number of methoxy groups -OCH3 is 1. The fraction of sp³-hybridized carbons (Fsp3) is 0.375. The number of H-pyrrole nitrogens is 1. The summed E-state index contributed by atoms with van der Waals surface area (Å²) in [6, 6.07) is 16.6. The van der Waals surface area contributed by atoms with Crippen LogP contribution < -0.4 is 4.74 Å². The van der Waals surface area contributed by atoms with E-state index in [1.807, 2.05) is 24.4 Å². The minimum Gasteiger partial charge on any atom is -0.497 e. The second kappa shape index (κ2) is 8.61. The number of carbonyl (C=O) groups excluding carboxylic acids is 1. The van der Waals surface area contributed by atoms with Crippen LogP contribution in [0.15, 0.2) is 54.7 Å². The van der Waals surface area contributed by atoms with Gasteiger partial charge >= 0.3 is 0 Å². The van der Waals surface area contributed by atoms with Gasteiger partial charge in [-0.2, -0.15) is 0 Å². The number of rotatable bonds is 7. The summed E-state index contributed by atoms with van der Waals surface area (Å²) in [7, 11) is 1.65. The summed E-state index contributed by atoms with van der Waals surface area (Å²) < 4.78 is 5.25. The minimum atomic E-state index is 0.211. The number of nitrogens with zero attached hydrogens (tertiary/aromatic N) is 1. The third-order valence-electron chi connectivity index (χ3n) is 5.92. The number of Topliss-reactive ketones (excluding diaryl/α,β-unsaturated/α-hetero) is 1. The first-order valence-electron chi connectivity index (χ1n) is 10.2. The van der Waals surface area contributed by atoms with E-state index >= 15 is 0 Å². The standard InChI is InChI=1S/C24H28N2O2/c1-28-20-7-8-21-22(17-25-23(21)16-20)24(27)11-14-26-12-9-19(10-13-26)15-18-5-3-2-4-6-18/h2-8,16-17,19,25H,9-15H2,1H3. The molecule has 0 atom stereocenters. The smallest absolute Gasteiger partial charge is 0.166 e. The van der Waals surface area contributed by atoms with Crippen LogP contribution in [0.3, 0.4) is 0 Å². The topological polar surface area (TPSA) is 45.3 Å². The SMILES string of the molecule is COc1ccc2c(C(=O)CCN3CCC(Cc4ccccc4)CC3)c[nH]c2c1. The molecule has 1 aromatic heterocycles. The Morgan fingerprint density at radius 1 is 1.14 bits per heavy atom. The normalized spacial score (nSPS) is 15.8. The minimum absolute atomic E-state index is 0.211. The van der Waals surface area contributed by atoms with Crippen molar-refractivity contribution in [3.8, 4) is 5.75 Å². The molecule has 1 saturated heterocycles. The molecule has 0 spiro atoms. The number of benzene rings is 2. The van der Waals surface area contributed by atoms with Gasteiger partial charge in [0.05, 0.1) is 7.11 Å². The number of aromatic amines is 1. The van der Waals surface area contributed by atoms with E-state index in [0.29, 0.717) is 6.42 Å². The molecule has 0 unspecified atom stereocenters. The van der Waals surface area contributed by atoms with Crippen LogP contribution in [0.4, 0.5) is 0 Å². The molecule has 0 amide bonds. The lowest BCUT2D eigenvalue weighted by atomic mass is 9.90. The van der Waals surface area contributed by atoms with E-state index in [4.69, 9.17) is 4.74 Å². The zero-order valence-corrected chi connectivity index (χ0v) is 16.5. The van der Waals surface area contributed by atoms with E-state index in [9.17, 15) is 4.79 Å². The molecule has 4 nitrogen and oxygen atoms in total. The highest BCUT2D eigenvalue weighted by atomic mass is 16.5. The zero-order chi connectivity index (χ0) is 19.3. The van der Waals surface area contributed by atoms with Crippen LogP contribution >= 0.6 is 0 Å². The number of ketones is 1. The molecule has 0 radical (unpaired) electrons.